The average Bonchev–Trinajstić information content (AvgIpc) is 2.43. The number of nitrogens with one attached hydrogen (secondary N) is 1. The number of rotatable bonds is 2. The van der Waals surface area contributed by atoms with Crippen LogP contribution in [0.25, 0.3) is 0 Å². The highest BCUT2D eigenvalue weighted by molar-refractivity contribution is 5.94. The van der Waals surface area contributed by atoms with Crippen LogP contribution in [0, 0.1) is 17.6 Å². The molecule has 0 aromatic heterocycles. The fourth-order valence-corrected chi connectivity index (χ4v) is 3.05. The fourth-order valence-electron chi connectivity index (χ4n) is 3.05. The summed E-state index contributed by atoms with van der Waals surface area (Å²) >= 11 is 0. The molecule has 3 aliphatic rings. The first-order valence-electron chi connectivity index (χ1n) is 6.62. The van der Waals surface area contributed by atoms with Crippen molar-refractivity contribution in [2.24, 2.45) is 5.92 Å². The number of hydrogen-bond donors (Lipinski definition) is 1. The summed E-state index contributed by atoms with van der Waals surface area (Å²) in [6.07, 6.45) is 2.13. The Morgan fingerprint density at radius 3 is 2.63 bits per heavy atom. The normalized spacial score (nSPS) is 29.3. The minimum atomic E-state index is -1.07. The van der Waals surface area contributed by atoms with Crippen molar-refractivity contribution in [1.82, 2.24) is 10.2 Å². The summed E-state index contributed by atoms with van der Waals surface area (Å²) in [5.74, 6) is -2.11. The van der Waals surface area contributed by atoms with Crippen LogP contribution in [0.15, 0.2) is 18.2 Å². The predicted molar refractivity (Wildman–Crippen MR) is 66.8 cm³/mol. The second-order valence-electron chi connectivity index (χ2n) is 5.32. The van der Waals surface area contributed by atoms with E-state index in [2.05, 4.69) is 10.2 Å². The van der Waals surface area contributed by atoms with Crippen LogP contribution < -0.4 is 5.32 Å². The standard InChI is InChI=1S/C14H16F2N2O/c15-11-3-1-2-10(13(11)16)14(19)17-12-8-18-6-4-9(12)5-7-18/h1-3,9,12H,4-8H2,(H,17,19). The van der Waals surface area contributed by atoms with Crippen LogP contribution in [0.1, 0.15) is 23.2 Å². The molecule has 3 heterocycles. The first-order chi connectivity index (χ1) is 9.15. The van der Waals surface area contributed by atoms with Gasteiger partial charge in [0, 0.05) is 12.6 Å². The Hall–Kier alpha value is -1.49. The minimum absolute atomic E-state index is 0.0534. The fraction of sp³-hybridized carbons (Fsp3) is 0.500. The quantitative estimate of drug-likeness (QED) is 0.885. The van der Waals surface area contributed by atoms with Gasteiger partial charge in [0.15, 0.2) is 11.6 Å². The van der Waals surface area contributed by atoms with Crippen LogP contribution in [0.4, 0.5) is 8.78 Å². The van der Waals surface area contributed by atoms with Crippen molar-refractivity contribution in [1.29, 1.82) is 0 Å². The third-order valence-corrected chi connectivity index (χ3v) is 4.17. The lowest BCUT2D eigenvalue weighted by Gasteiger charge is -2.44. The number of nitrogens with zero attached hydrogens (tertiary/aromatic N) is 1. The number of benzene rings is 1. The maximum Gasteiger partial charge on any atom is 0.254 e. The molecule has 102 valence electrons. The maximum atomic E-state index is 13.5. The Bertz CT molecular complexity index is 498. The molecular formula is C14H16F2N2O. The summed E-state index contributed by atoms with van der Waals surface area (Å²) in [6.45, 7) is 2.96. The van der Waals surface area contributed by atoms with Gasteiger partial charge in [0.25, 0.3) is 5.91 Å². The lowest BCUT2D eigenvalue weighted by molar-refractivity contribution is 0.0618. The molecule has 1 atom stereocenters. The van der Waals surface area contributed by atoms with E-state index < -0.39 is 17.5 Å². The smallest absolute Gasteiger partial charge is 0.254 e. The van der Waals surface area contributed by atoms with Crippen molar-refractivity contribution < 1.29 is 13.6 Å². The lowest BCUT2D eigenvalue weighted by atomic mass is 9.84. The number of hydrogen-bond acceptors (Lipinski definition) is 2. The number of carbonyl (C=O) groups excluding carboxylic acids is 1. The van der Waals surface area contributed by atoms with Crippen molar-refractivity contribution >= 4 is 5.91 Å². The second-order valence-corrected chi connectivity index (χ2v) is 5.32. The zero-order chi connectivity index (χ0) is 13.4. The monoisotopic (exact) mass is 266 g/mol. The molecule has 1 aromatic carbocycles. The van der Waals surface area contributed by atoms with Crippen LogP contribution >= 0.6 is 0 Å². The third kappa shape index (κ3) is 2.34. The van der Waals surface area contributed by atoms with Gasteiger partial charge in [0.1, 0.15) is 0 Å². The van der Waals surface area contributed by atoms with E-state index in [9.17, 15) is 13.6 Å². The molecule has 19 heavy (non-hydrogen) atoms. The van der Waals surface area contributed by atoms with E-state index in [0.717, 1.165) is 38.5 Å². The maximum absolute atomic E-state index is 13.5. The average molecular weight is 266 g/mol. The van der Waals surface area contributed by atoms with Gasteiger partial charge in [-0.2, -0.15) is 0 Å². The van der Waals surface area contributed by atoms with Gasteiger partial charge in [-0.25, -0.2) is 8.78 Å². The van der Waals surface area contributed by atoms with Gasteiger partial charge in [-0.1, -0.05) is 6.07 Å². The van der Waals surface area contributed by atoms with Crippen LogP contribution in [0.3, 0.4) is 0 Å². The summed E-state index contributed by atoms with van der Waals surface area (Å²) in [4.78, 5) is 14.3. The first-order valence-corrected chi connectivity index (χ1v) is 6.62. The molecule has 1 unspecified atom stereocenters. The van der Waals surface area contributed by atoms with E-state index in [1.807, 2.05) is 0 Å². The molecule has 0 radical (unpaired) electrons. The number of piperidine rings is 3. The van der Waals surface area contributed by atoms with Crippen molar-refractivity contribution in [3.8, 4) is 0 Å². The zero-order valence-electron chi connectivity index (χ0n) is 10.5. The molecule has 0 aliphatic carbocycles. The Morgan fingerprint density at radius 2 is 2.00 bits per heavy atom. The van der Waals surface area contributed by atoms with Gasteiger partial charge < -0.3 is 10.2 Å². The third-order valence-electron chi connectivity index (χ3n) is 4.17. The van der Waals surface area contributed by atoms with E-state index in [4.69, 9.17) is 0 Å². The van der Waals surface area contributed by atoms with Crippen molar-refractivity contribution in [2.45, 2.75) is 18.9 Å². The van der Waals surface area contributed by atoms with Gasteiger partial charge in [-0.15, -0.1) is 0 Å². The molecule has 4 rings (SSSR count). The van der Waals surface area contributed by atoms with E-state index in [1.165, 1.54) is 12.1 Å². The highest BCUT2D eigenvalue weighted by Gasteiger charge is 2.35. The van der Waals surface area contributed by atoms with Crippen molar-refractivity contribution in [3.63, 3.8) is 0 Å². The Kier molecular flexibility index (Phi) is 3.22. The molecule has 3 saturated heterocycles. The number of amides is 1. The molecule has 0 spiro atoms. The highest BCUT2D eigenvalue weighted by Crippen LogP contribution is 2.27. The van der Waals surface area contributed by atoms with Gasteiger partial charge >= 0.3 is 0 Å². The van der Waals surface area contributed by atoms with Crippen molar-refractivity contribution in [3.05, 3.63) is 35.4 Å². The van der Waals surface area contributed by atoms with Gasteiger partial charge in [-0.3, -0.25) is 4.79 Å². The van der Waals surface area contributed by atoms with Crippen LogP contribution in [0.2, 0.25) is 0 Å². The molecule has 1 amide bonds. The second kappa shape index (κ2) is 4.89. The van der Waals surface area contributed by atoms with E-state index >= 15 is 0 Å². The number of carbonyl (C=O) groups is 1. The van der Waals surface area contributed by atoms with Gasteiger partial charge in [0.2, 0.25) is 0 Å². The zero-order valence-corrected chi connectivity index (χ0v) is 10.5. The van der Waals surface area contributed by atoms with Crippen LogP contribution in [-0.4, -0.2) is 36.5 Å². The molecule has 5 heteroatoms. The summed E-state index contributed by atoms with van der Waals surface area (Å²) in [5, 5.41) is 2.85. The highest BCUT2D eigenvalue weighted by atomic mass is 19.2. The van der Waals surface area contributed by atoms with E-state index in [-0.39, 0.29) is 11.6 Å². The molecule has 3 fully saturated rings. The molecule has 0 saturated carbocycles. The summed E-state index contributed by atoms with van der Waals surface area (Å²) in [7, 11) is 0. The Morgan fingerprint density at radius 1 is 1.26 bits per heavy atom. The van der Waals surface area contributed by atoms with E-state index in [1.54, 1.807) is 0 Å². The topological polar surface area (TPSA) is 32.3 Å². The number of fused-ring (bicyclic) bond motifs is 3. The SMILES string of the molecule is O=C(NC1CN2CCC1CC2)c1cccc(F)c1F. The van der Waals surface area contributed by atoms with Crippen molar-refractivity contribution in [2.75, 3.05) is 19.6 Å². The Labute approximate surface area is 110 Å². The summed E-state index contributed by atoms with van der Waals surface area (Å²) < 4.78 is 26.7. The van der Waals surface area contributed by atoms with E-state index in [0.29, 0.717) is 5.92 Å². The summed E-state index contributed by atoms with van der Waals surface area (Å²) in [5.41, 5.74) is -0.212. The molecule has 3 aliphatic heterocycles. The molecule has 1 aromatic rings. The molecule has 2 bridgehead atoms. The Balaban J connectivity index is 1.73. The summed E-state index contributed by atoms with van der Waals surface area (Å²) in [6, 6.07) is 3.73. The molecular weight excluding hydrogens is 250 g/mol. The molecule has 3 nitrogen and oxygen atoms in total. The van der Waals surface area contributed by atoms with Gasteiger partial charge in [0.05, 0.1) is 5.56 Å². The molecule has 1 N–H and O–H groups in total. The largest absolute Gasteiger partial charge is 0.348 e. The first kappa shape index (κ1) is 12.5. The lowest BCUT2D eigenvalue weighted by Crippen LogP contribution is -2.57. The van der Waals surface area contributed by atoms with Gasteiger partial charge in [-0.05, 0) is 44.0 Å². The van der Waals surface area contributed by atoms with Crippen LogP contribution in [-0.2, 0) is 0 Å². The predicted octanol–water partition coefficient (Wildman–Crippen LogP) is 1.79. The number of halogens is 2. The van der Waals surface area contributed by atoms with Crippen LogP contribution in [0.5, 0.6) is 0 Å². The minimum Gasteiger partial charge on any atom is -0.348 e.